The molecule has 2 aliphatic heterocycles. The lowest BCUT2D eigenvalue weighted by Gasteiger charge is -2.15. The van der Waals surface area contributed by atoms with E-state index >= 15 is 0 Å². The number of allylic oxidation sites excluding steroid dienone is 1. The molecule has 0 aromatic heterocycles. The van der Waals surface area contributed by atoms with Crippen molar-refractivity contribution in [3.05, 3.63) is 11.3 Å². The zero-order chi connectivity index (χ0) is 7.68. The molecule has 0 atom stereocenters. The van der Waals surface area contributed by atoms with Gasteiger partial charge in [0.2, 0.25) is 5.91 Å². The van der Waals surface area contributed by atoms with E-state index in [-0.39, 0.29) is 5.91 Å². The predicted octanol–water partition coefficient (Wildman–Crippen LogP) is -0.127. The Bertz CT molecular complexity index is 288. The number of nitrogens with one attached hydrogen (secondary N) is 1. The van der Waals surface area contributed by atoms with Crippen LogP contribution in [0.5, 0.6) is 0 Å². The van der Waals surface area contributed by atoms with Gasteiger partial charge in [-0.3, -0.25) is 9.79 Å². The van der Waals surface area contributed by atoms with Crippen LogP contribution in [-0.4, -0.2) is 25.0 Å². The van der Waals surface area contributed by atoms with Crippen LogP contribution >= 0.6 is 0 Å². The van der Waals surface area contributed by atoms with Crippen molar-refractivity contribution in [1.29, 1.82) is 0 Å². The molecule has 1 N–H and O–H groups in total. The summed E-state index contributed by atoms with van der Waals surface area (Å²) >= 11 is 0. The molecule has 0 aromatic rings. The molecule has 0 aliphatic carbocycles. The first kappa shape index (κ1) is 6.27. The summed E-state index contributed by atoms with van der Waals surface area (Å²) in [6.45, 7) is 0.582. The van der Waals surface area contributed by atoms with Gasteiger partial charge in [-0.1, -0.05) is 0 Å². The van der Waals surface area contributed by atoms with Gasteiger partial charge in [-0.15, -0.1) is 0 Å². The van der Waals surface area contributed by atoms with Gasteiger partial charge < -0.3 is 5.32 Å². The molecular formula is C7H7N3O. The molecular weight excluding hydrogens is 142 g/mol. The van der Waals surface area contributed by atoms with Crippen LogP contribution < -0.4 is 5.32 Å². The van der Waals surface area contributed by atoms with Gasteiger partial charge in [0.1, 0.15) is 6.67 Å². The molecule has 0 fully saturated rings. The van der Waals surface area contributed by atoms with Crippen molar-refractivity contribution in [3.8, 4) is 0 Å². The van der Waals surface area contributed by atoms with E-state index in [1.807, 2.05) is 0 Å². The molecule has 0 unspecified atom stereocenters. The third kappa shape index (κ3) is 1.07. The first-order valence-corrected chi connectivity index (χ1v) is 3.40. The van der Waals surface area contributed by atoms with Crippen LogP contribution in [0.25, 0.3) is 0 Å². The minimum atomic E-state index is -0.0982. The number of dihydropyridines is 1. The highest BCUT2D eigenvalue weighted by Crippen LogP contribution is 2.11. The van der Waals surface area contributed by atoms with Crippen LogP contribution in [-0.2, 0) is 4.79 Å². The minimum absolute atomic E-state index is 0.0982. The monoisotopic (exact) mass is 149 g/mol. The van der Waals surface area contributed by atoms with Crippen molar-refractivity contribution in [3.63, 3.8) is 0 Å². The molecule has 0 bridgehead atoms. The van der Waals surface area contributed by atoms with Crippen LogP contribution in [0.15, 0.2) is 21.3 Å². The number of carbonyl (C=O) groups excluding carboxylic acids is 1. The molecule has 4 heteroatoms. The molecule has 4 nitrogen and oxygen atoms in total. The maximum atomic E-state index is 10.8. The third-order valence-electron chi connectivity index (χ3n) is 1.63. The summed E-state index contributed by atoms with van der Waals surface area (Å²) < 4.78 is 0. The fraction of sp³-hybridized carbons (Fsp3) is 0.286. The highest BCUT2D eigenvalue weighted by atomic mass is 16.1. The summed E-state index contributed by atoms with van der Waals surface area (Å²) in [5.74, 6) is -0.0982. The molecule has 0 saturated heterocycles. The second-order valence-corrected chi connectivity index (χ2v) is 2.41. The fourth-order valence-electron chi connectivity index (χ4n) is 1.08. The van der Waals surface area contributed by atoms with Crippen molar-refractivity contribution < 1.29 is 4.79 Å². The maximum Gasteiger partial charge on any atom is 0.250 e. The number of aliphatic imine (C=N–C) groups is 2. The van der Waals surface area contributed by atoms with Crippen LogP contribution in [0, 0.1) is 0 Å². The van der Waals surface area contributed by atoms with Gasteiger partial charge in [0.15, 0.2) is 0 Å². The lowest BCUT2D eigenvalue weighted by atomic mass is 10.1. The summed E-state index contributed by atoms with van der Waals surface area (Å²) in [7, 11) is 0. The Balaban J connectivity index is 2.34. The molecule has 56 valence electrons. The summed E-state index contributed by atoms with van der Waals surface area (Å²) in [4.78, 5) is 18.5. The van der Waals surface area contributed by atoms with E-state index in [0.717, 1.165) is 11.3 Å². The average Bonchev–Trinajstić information content (AvgIpc) is 2.04. The summed E-state index contributed by atoms with van der Waals surface area (Å²) in [6.07, 6.45) is 3.67. The van der Waals surface area contributed by atoms with E-state index in [9.17, 15) is 4.79 Å². The zero-order valence-corrected chi connectivity index (χ0v) is 5.87. The van der Waals surface area contributed by atoms with Gasteiger partial charge in [-0.05, 0) is 0 Å². The van der Waals surface area contributed by atoms with Crippen molar-refractivity contribution in [2.24, 2.45) is 9.98 Å². The van der Waals surface area contributed by atoms with Crippen molar-refractivity contribution in [2.75, 3.05) is 6.67 Å². The normalized spacial score (nSPS) is 21.6. The molecule has 0 aromatic carbocycles. The maximum absolute atomic E-state index is 10.8. The summed E-state index contributed by atoms with van der Waals surface area (Å²) in [5.41, 5.74) is 1.87. The fourth-order valence-corrected chi connectivity index (χ4v) is 1.08. The Morgan fingerprint density at radius 2 is 2.36 bits per heavy atom. The second-order valence-electron chi connectivity index (χ2n) is 2.41. The number of hydrogen-bond acceptors (Lipinski definition) is 3. The van der Waals surface area contributed by atoms with Gasteiger partial charge in [0.25, 0.3) is 0 Å². The zero-order valence-electron chi connectivity index (χ0n) is 5.87. The molecule has 0 spiro atoms. The van der Waals surface area contributed by atoms with Crippen LogP contribution in [0.3, 0.4) is 0 Å². The van der Waals surface area contributed by atoms with E-state index in [0.29, 0.717) is 13.1 Å². The lowest BCUT2D eigenvalue weighted by Crippen LogP contribution is -2.24. The lowest BCUT2D eigenvalue weighted by molar-refractivity contribution is -0.117. The van der Waals surface area contributed by atoms with Gasteiger partial charge in [-0.2, -0.15) is 0 Å². The van der Waals surface area contributed by atoms with E-state index in [1.165, 1.54) is 0 Å². The Morgan fingerprint density at radius 1 is 1.45 bits per heavy atom. The molecule has 0 radical (unpaired) electrons. The average molecular weight is 149 g/mol. The highest BCUT2D eigenvalue weighted by molar-refractivity contribution is 6.04. The minimum Gasteiger partial charge on any atom is -0.365 e. The van der Waals surface area contributed by atoms with Crippen LogP contribution in [0.2, 0.25) is 0 Å². The molecule has 2 rings (SSSR count). The summed E-state index contributed by atoms with van der Waals surface area (Å²) in [6, 6.07) is 0. The highest BCUT2D eigenvalue weighted by Gasteiger charge is 2.14. The molecule has 0 saturated carbocycles. The smallest absolute Gasteiger partial charge is 0.250 e. The first-order chi connectivity index (χ1) is 5.36. The Morgan fingerprint density at radius 3 is 3.27 bits per heavy atom. The largest absolute Gasteiger partial charge is 0.365 e. The Labute approximate surface area is 63.7 Å². The molecule has 2 heterocycles. The Hall–Kier alpha value is -1.45. The topological polar surface area (TPSA) is 53.8 Å². The molecule has 1 amide bonds. The van der Waals surface area contributed by atoms with E-state index in [2.05, 4.69) is 15.3 Å². The molecule has 2 aliphatic rings. The van der Waals surface area contributed by atoms with Gasteiger partial charge in [-0.25, -0.2) is 4.99 Å². The van der Waals surface area contributed by atoms with Gasteiger partial charge in [0.05, 0.1) is 18.3 Å². The van der Waals surface area contributed by atoms with E-state index in [1.54, 1.807) is 12.4 Å². The van der Waals surface area contributed by atoms with E-state index < -0.39 is 0 Å². The van der Waals surface area contributed by atoms with Crippen molar-refractivity contribution >= 4 is 18.3 Å². The third-order valence-corrected chi connectivity index (χ3v) is 1.63. The second kappa shape index (κ2) is 2.30. The number of rotatable bonds is 0. The summed E-state index contributed by atoms with van der Waals surface area (Å²) in [5, 5.41) is 3.02. The Kier molecular flexibility index (Phi) is 1.31. The first-order valence-electron chi connectivity index (χ1n) is 3.40. The molecule has 11 heavy (non-hydrogen) atoms. The number of amides is 1. The van der Waals surface area contributed by atoms with Gasteiger partial charge >= 0.3 is 0 Å². The number of carbonyl (C=O) groups is 1. The predicted molar refractivity (Wildman–Crippen MR) is 41.6 cm³/mol. The van der Waals surface area contributed by atoms with E-state index in [4.69, 9.17) is 0 Å². The van der Waals surface area contributed by atoms with Crippen LogP contribution in [0.4, 0.5) is 0 Å². The quantitative estimate of drug-likeness (QED) is 0.521. The number of nitrogens with zero attached hydrogens (tertiary/aromatic N) is 2. The van der Waals surface area contributed by atoms with Crippen LogP contribution in [0.1, 0.15) is 6.42 Å². The SMILES string of the molecule is O=C1CC2=C(C=N1)NCN=C2. The van der Waals surface area contributed by atoms with Crippen molar-refractivity contribution in [1.82, 2.24) is 5.32 Å². The number of hydrogen-bond donors (Lipinski definition) is 1. The van der Waals surface area contributed by atoms with Gasteiger partial charge in [0, 0.05) is 11.8 Å². The van der Waals surface area contributed by atoms with Crippen molar-refractivity contribution in [2.45, 2.75) is 6.42 Å². The standard InChI is InChI=1S/C7H7N3O/c11-7-1-5-2-8-4-10-6(5)3-9-7/h2-3,10H,1,4H2.